The van der Waals surface area contributed by atoms with Crippen LogP contribution < -0.4 is 16.8 Å². The highest BCUT2D eigenvalue weighted by Gasteiger charge is 2.03. The van der Waals surface area contributed by atoms with Crippen LogP contribution in [0.3, 0.4) is 0 Å². The van der Waals surface area contributed by atoms with Crippen molar-refractivity contribution < 1.29 is 9.18 Å². The Morgan fingerprint density at radius 3 is 2.82 bits per heavy atom. The molecule has 0 aliphatic rings. The van der Waals surface area contributed by atoms with E-state index in [1.165, 1.54) is 13.0 Å². The molecule has 1 aromatic rings. The van der Waals surface area contributed by atoms with Gasteiger partial charge in [0.15, 0.2) is 0 Å². The van der Waals surface area contributed by atoms with E-state index in [-0.39, 0.29) is 17.3 Å². The fraction of sp³-hybridized carbons (Fsp3) is 0.250. The second-order valence-electron chi connectivity index (χ2n) is 3.49. The van der Waals surface area contributed by atoms with Gasteiger partial charge in [0.2, 0.25) is 5.91 Å². The summed E-state index contributed by atoms with van der Waals surface area (Å²) < 4.78 is 13.0. The monoisotopic (exact) mass is 235 g/mol. The molecule has 4 nitrogen and oxygen atoms in total. The number of benzene rings is 1. The molecule has 0 heterocycles. The molecule has 0 unspecified atom stereocenters. The molecule has 0 aromatic heterocycles. The van der Waals surface area contributed by atoms with Crippen molar-refractivity contribution in [3.05, 3.63) is 23.5 Å². The summed E-state index contributed by atoms with van der Waals surface area (Å²) >= 11 is 0. The van der Waals surface area contributed by atoms with E-state index in [1.807, 2.05) is 0 Å². The fourth-order valence-corrected chi connectivity index (χ4v) is 1.20. The van der Waals surface area contributed by atoms with Crippen molar-refractivity contribution in [1.82, 2.24) is 5.32 Å². The van der Waals surface area contributed by atoms with Crippen molar-refractivity contribution in [2.75, 3.05) is 18.0 Å². The van der Waals surface area contributed by atoms with Gasteiger partial charge in [0, 0.05) is 19.9 Å². The van der Waals surface area contributed by atoms with Crippen LogP contribution in [0.5, 0.6) is 0 Å². The highest BCUT2D eigenvalue weighted by Crippen LogP contribution is 2.20. The zero-order chi connectivity index (χ0) is 12.8. The average molecular weight is 235 g/mol. The molecule has 5 N–H and O–H groups in total. The molecule has 0 saturated carbocycles. The number of hydrogen-bond donors (Lipinski definition) is 3. The molecule has 1 aromatic carbocycles. The maximum absolute atomic E-state index is 13.0. The highest BCUT2D eigenvalue weighted by molar-refractivity contribution is 5.73. The first kappa shape index (κ1) is 12.8. The first-order valence-corrected chi connectivity index (χ1v) is 5.08. The van der Waals surface area contributed by atoms with Crippen molar-refractivity contribution >= 4 is 17.3 Å². The first-order valence-electron chi connectivity index (χ1n) is 5.08. The number of hydrogen-bond acceptors (Lipinski definition) is 3. The summed E-state index contributed by atoms with van der Waals surface area (Å²) in [7, 11) is 0. The summed E-state index contributed by atoms with van der Waals surface area (Å²) in [5, 5.41) is 2.60. The molecule has 1 rings (SSSR count). The molecule has 0 aliphatic heterocycles. The Bertz CT molecular complexity index is 489. The van der Waals surface area contributed by atoms with E-state index in [2.05, 4.69) is 17.2 Å². The van der Waals surface area contributed by atoms with E-state index in [1.54, 1.807) is 0 Å². The van der Waals surface area contributed by atoms with Gasteiger partial charge in [0.25, 0.3) is 0 Å². The summed E-state index contributed by atoms with van der Waals surface area (Å²) in [5.41, 5.74) is 12.0. The summed E-state index contributed by atoms with van der Waals surface area (Å²) in [6.45, 7) is 1.88. The zero-order valence-corrected chi connectivity index (χ0v) is 9.51. The number of carbonyl (C=O) groups is 1. The molecule has 0 atom stereocenters. The molecular formula is C12H14FN3O. The first-order chi connectivity index (χ1) is 8.00. The van der Waals surface area contributed by atoms with Crippen LogP contribution in [0.2, 0.25) is 0 Å². The number of nitrogens with two attached hydrogens (primary N) is 2. The Kier molecular flexibility index (Phi) is 4.35. The van der Waals surface area contributed by atoms with Crippen LogP contribution in [-0.4, -0.2) is 12.5 Å². The van der Waals surface area contributed by atoms with E-state index in [4.69, 9.17) is 11.5 Å². The van der Waals surface area contributed by atoms with Crippen LogP contribution in [0.4, 0.5) is 15.8 Å². The predicted molar refractivity (Wildman–Crippen MR) is 65.4 cm³/mol. The van der Waals surface area contributed by atoms with Crippen LogP contribution in [-0.2, 0) is 4.79 Å². The van der Waals surface area contributed by atoms with Crippen molar-refractivity contribution in [3.63, 3.8) is 0 Å². The van der Waals surface area contributed by atoms with Crippen molar-refractivity contribution in [2.45, 2.75) is 13.3 Å². The van der Waals surface area contributed by atoms with Crippen LogP contribution in [0.15, 0.2) is 12.1 Å². The van der Waals surface area contributed by atoms with Crippen molar-refractivity contribution in [3.8, 4) is 11.8 Å². The van der Waals surface area contributed by atoms with Gasteiger partial charge in [-0.05, 0) is 12.1 Å². The smallest absolute Gasteiger partial charge is 0.216 e. The van der Waals surface area contributed by atoms with E-state index < -0.39 is 5.82 Å². The standard InChI is InChI=1S/C12H14FN3O/c1-8(17)16-5-3-2-4-9-6-10(13)7-11(14)12(9)15/h6-7H,3,5,14-15H2,1H3,(H,16,17). The van der Waals surface area contributed by atoms with Crippen LogP contribution in [0, 0.1) is 17.7 Å². The van der Waals surface area contributed by atoms with Crippen molar-refractivity contribution in [1.29, 1.82) is 0 Å². The molecule has 0 spiro atoms. The number of anilines is 2. The van der Waals surface area contributed by atoms with Gasteiger partial charge in [-0.3, -0.25) is 4.79 Å². The lowest BCUT2D eigenvalue weighted by molar-refractivity contribution is -0.118. The third kappa shape index (κ3) is 4.03. The summed E-state index contributed by atoms with van der Waals surface area (Å²) in [4.78, 5) is 10.6. The molecule has 5 heteroatoms. The third-order valence-electron chi connectivity index (χ3n) is 2.02. The number of carbonyl (C=O) groups excluding carboxylic acids is 1. The minimum Gasteiger partial charge on any atom is -0.397 e. The second-order valence-corrected chi connectivity index (χ2v) is 3.49. The maximum Gasteiger partial charge on any atom is 0.216 e. The quantitative estimate of drug-likeness (QED) is 0.404. The molecule has 0 radical (unpaired) electrons. The van der Waals surface area contributed by atoms with Gasteiger partial charge in [0.05, 0.1) is 16.9 Å². The minimum atomic E-state index is -0.470. The number of amides is 1. The molecular weight excluding hydrogens is 221 g/mol. The maximum atomic E-state index is 13.0. The Morgan fingerprint density at radius 1 is 1.47 bits per heavy atom. The van der Waals surface area contributed by atoms with Gasteiger partial charge in [-0.1, -0.05) is 11.8 Å². The second kappa shape index (κ2) is 5.75. The van der Waals surface area contributed by atoms with E-state index in [0.29, 0.717) is 18.5 Å². The lowest BCUT2D eigenvalue weighted by atomic mass is 10.1. The van der Waals surface area contributed by atoms with Gasteiger partial charge < -0.3 is 16.8 Å². The Hall–Kier alpha value is -2.22. The number of nitrogen functional groups attached to an aromatic ring is 2. The van der Waals surface area contributed by atoms with Gasteiger partial charge in [-0.25, -0.2) is 4.39 Å². The molecule has 1 amide bonds. The predicted octanol–water partition coefficient (Wildman–Crippen LogP) is 0.868. The van der Waals surface area contributed by atoms with E-state index in [0.717, 1.165) is 6.07 Å². The summed E-state index contributed by atoms with van der Waals surface area (Å²) in [6.07, 6.45) is 0.468. The van der Waals surface area contributed by atoms with Crippen LogP contribution in [0.25, 0.3) is 0 Å². The number of rotatable bonds is 2. The van der Waals surface area contributed by atoms with E-state index >= 15 is 0 Å². The lowest BCUT2D eigenvalue weighted by Gasteiger charge is -2.02. The molecule has 17 heavy (non-hydrogen) atoms. The van der Waals surface area contributed by atoms with Crippen LogP contribution in [0.1, 0.15) is 18.9 Å². The van der Waals surface area contributed by atoms with Crippen molar-refractivity contribution in [2.24, 2.45) is 0 Å². The highest BCUT2D eigenvalue weighted by atomic mass is 19.1. The molecule has 90 valence electrons. The average Bonchev–Trinajstić information content (AvgIpc) is 2.23. The summed E-state index contributed by atoms with van der Waals surface area (Å²) in [6, 6.07) is 2.38. The molecule has 0 fully saturated rings. The number of nitrogens with one attached hydrogen (secondary N) is 1. The zero-order valence-electron chi connectivity index (χ0n) is 9.51. The van der Waals surface area contributed by atoms with Gasteiger partial charge in [-0.2, -0.15) is 0 Å². The van der Waals surface area contributed by atoms with Gasteiger partial charge in [0.1, 0.15) is 5.82 Å². The summed E-state index contributed by atoms with van der Waals surface area (Å²) in [5.74, 6) is 4.93. The lowest BCUT2D eigenvalue weighted by Crippen LogP contribution is -2.20. The van der Waals surface area contributed by atoms with E-state index in [9.17, 15) is 9.18 Å². The molecule has 0 aliphatic carbocycles. The third-order valence-corrected chi connectivity index (χ3v) is 2.02. The van der Waals surface area contributed by atoms with Gasteiger partial charge >= 0.3 is 0 Å². The Morgan fingerprint density at radius 2 is 2.18 bits per heavy atom. The topological polar surface area (TPSA) is 81.1 Å². The van der Waals surface area contributed by atoms with Gasteiger partial charge in [-0.15, -0.1) is 0 Å². The SMILES string of the molecule is CC(=O)NCCC#Cc1cc(F)cc(N)c1N. The molecule has 0 bridgehead atoms. The fourth-order valence-electron chi connectivity index (χ4n) is 1.20. The normalized spacial score (nSPS) is 9.29. The van der Waals surface area contributed by atoms with Crippen LogP contribution >= 0.6 is 0 Å². The number of halogens is 1. The molecule has 0 saturated heterocycles. The largest absolute Gasteiger partial charge is 0.397 e. The minimum absolute atomic E-state index is 0.110. The Labute approximate surface area is 99.2 Å². The Balaban J connectivity index is 2.68.